The first-order valence-electron chi connectivity index (χ1n) is 17.5. The van der Waals surface area contributed by atoms with Crippen LogP contribution in [0.5, 0.6) is 0 Å². The summed E-state index contributed by atoms with van der Waals surface area (Å²) in [5.74, 6) is 4.06. The zero-order chi connectivity index (χ0) is 33.3. The van der Waals surface area contributed by atoms with Gasteiger partial charge in [0.05, 0.1) is 0 Å². The molecule has 254 valence electrons. The molecule has 12 nitrogen and oxygen atoms in total. The Morgan fingerprint density at radius 3 is 1.15 bits per heavy atom. The van der Waals surface area contributed by atoms with Crippen molar-refractivity contribution in [2.75, 3.05) is 82.6 Å². The third-order valence-electron chi connectivity index (χ3n) is 8.10. The van der Waals surface area contributed by atoms with Crippen LogP contribution in [0.4, 0.5) is 35.7 Å². The average Bonchev–Trinajstić information content (AvgIpc) is 3.08. The molecule has 0 saturated carbocycles. The monoisotopic (exact) mass is 634 g/mol. The van der Waals surface area contributed by atoms with Gasteiger partial charge in [0.2, 0.25) is 35.7 Å². The van der Waals surface area contributed by atoms with E-state index in [0.29, 0.717) is 36.9 Å². The molecule has 0 aliphatic carbocycles. The van der Waals surface area contributed by atoms with Gasteiger partial charge in [-0.25, -0.2) is 0 Å². The lowest BCUT2D eigenvalue weighted by Gasteiger charge is -2.24. The highest BCUT2D eigenvalue weighted by Gasteiger charge is 2.17. The molecule has 0 radical (unpaired) electrons. The molecule has 0 fully saturated rings. The zero-order valence-electron chi connectivity index (χ0n) is 29.7. The van der Waals surface area contributed by atoms with Crippen molar-refractivity contribution in [1.29, 1.82) is 0 Å². The fraction of sp³-hybridized carbons (Fsp3) is 0.647. The molecule has 3 rings (SSSR count). The molecule has 0 aliphatic rings. The number of rotatable bonds is 22. The molecule has 0 saturated heterocycles. The minimum absolute atomic E-state index is 0.593. The standard InChI is InChI=1S/C34H58N12/c1-9-17-22-45(15-7)33-39-29(37-31(41-33)43(11-3)12-4)35-25-27-20-19-21-28(24-27)26-36-30-38-32(44(13-5)14-6)42-34(40-30)46(16-8)23-18-10-2/h19-21,24H,9-18,22-23,25-26H2,1-8H3,(H,35,37,39,41)(H,36,38,40,42). The smallest absolute Gasteiger partial charge is 0.231 e. The lowest BCUT2D eigenvalue weighted by atomic mass is 10.1. The van der Waals surface area contributed by atoms with Crippen LogP contribution < -0.4 is 30.2 Å². The van der Waals surface area contributed by atoms with E-state index >= 15 is 0 Å². The van der Waals surface area contributed by atoms with Crippen molar-refractivity contribution in [3.05, 3.63) is 35.4 Å². The Hall–Kier alpha value is -3.96. The minimum atomic E-state index is 0.593. The first kappa shape index (κ1) is 36.5. The molecule has 2 heterocycles. The Kier molecular flexibility index (Phi) is 15.5. The van der Waals surface area contributed by atoms with Crippen molar-refractivity contribution in [3.8, 4) is 0 Å². The lowest BCUT2D eigenvalue weighted by Crippen LogP contribution is -2.30. The van der Waals surface area contributed by atoms with Crippen molar-refractivity contribution in [2.45, 2.75) is 94.2 Å². The molecule has 2 N–H and O–H groups in total. The quantitative estimate of drug-likeness (QED) is 0.131. The number of hydrogen-bond acceptors (Lipinski definition) is 12. The summed E-state index contributed by atoms with van der Waals surface area (Å²) < 4.78 is 0. The molecule has 12 heteroatoms. The molecule has 3 aromatic rings. The van der Waals surface area contributed by atoms with Gasteiger partial charge in [0.1, 0.15) is 0 Å². The molecule has 2 aromatic heterocycles. The second-order valence-electron chi connectivity index (χ2n) is 11.3. The van der Waals surface area contributed by atoms with Crippen molar-refractivity contribution >= 4 is 35.7 Å². The maximum Gasteiger partial charge on any atom is 0.231 e. The Labute approximate surface area is 277 Å². The highest BCUT2D eigenvalue weighted by atomic mass is 15.4. The van der Waals surface area contributed by atoms with Crippen LogP contribution >= 0.6 is 0 Å². The van der Waals surface area contributed by atoms with E-state index in [-0.39, 0.29) is 0 Å². The number of nitrogens with one attached hydrogen (secondary N) is 2. The molecule has 0 atom stereocenters. The normalized spacial score (nSPS) is 11.0. The maximum absolute atomic E-state index is 4.85. The highest BCUT2D eigenvalue weighted by Crippen LogP contribution is 2.20. The van der Waals surface area contributed by atoms with Crippen LogP contribution in [0.25, 0.3) is 0 Å². The second kappa shape index (κ2) is 19.5. The summed E-state index contributed by atoms with van der Waals surface area (Å²) >= 11 is 0. The van der Waals surface area contributed by atoms with Crippen molar-refractivity contribution < 1.29 is 0 Å². The first-order valence-corrected chi connectivity index (χ1v) is 17.5. The average molecular weight is 635 g/mol. The Balaban J connectivity index is 1.78. The minimum Gasteiger partial charge on any atom is -0.350 e. The van der Waals surface area contributed by atoms with E-state index in [2.05, 4.69) is 110 Å². The number of anilines is 6. The van der Waals surface area contributed by atoms with E-state index in [9.17, 15) is 0 Å². The topological polar surface area (TPSA) is 114 Å². The van der Waals surface area contributed by atoms with Crippen LogP contribution in [0.1, 0.15) is 92.2 Å². The number of unbranched alkanes of at least 4 members (excludes halogenated alkanes) is 2. The molecule has 1 aromatic carbocycles. The van der Waals surface area contributed by atoms with Gasteiger partial charge in [-0.1, -0.05) is 51.0 Å². The zero-order valence-corrected chi connectivity index (χ0v) is 29.7. The van der Waals surface area contributed by atoms with Crippen LogP contribution in [0, 0.1) is 0 Å². The van der Waals surface area contributed by atoms with E-state index in [4.69, 9.17) is 29.9 Å². The molecule has 0 aliphatic heterocycles. The van der Waals surface area contributed by atoms with Crippen LogP contribution in [-0.2, 0) is 13.1 Å². The van der Waals surface area contributed by atoms with Crippen LogP contribution in [-0.4, -0.2) is 82.3 Å². The van der Waals surface area contributed by atoms with Gasteiger partial charge < -0.3 is 30.2 Å². The van der Waals surface area contributed by atoms with Crippen LogP contribution in [0.15, 0.2) is 24.3 Å². The first-order chi connectivity index (χ1) is 22.4. The molecule has 0 unspecified atom stereocenters. The number of aromatic nitrogens is 6. The fourth-order valence-electron chi connectivity index (χ4n) is 5.15. The van der Waals surface area contributed by atoms with Crippen molar-refractivity contribution in [1.82, 2.24) is 29.9 Å². The van der Waals surface area contributed by atoms with E-state index in [0.717, 1.165) is 101 Å². The lowest BCUT2D eigenvalue weighted by molar-refractivity contribution is 0.706. The van der Waals surface area contributed by atoms with E-state index in [1.54, 1.807) is 0 Å². The molecule has 0 spiro atoms. The van der Waals surface area contributed by atoms with Gasteiger partial charge in [0, 0.05) is 65.4 Å². The second-order valence-corrected chi connectivity index (χ2v) is 11.3. The Morgan fingerprint density at radius 1 is 0.478 bits per heavy atom. The third-order valence-corrected chi connectivity index (χ3v) is 8.10. The number of hydrogen-bond donors (Lipinski definition) is 2. The fourth-order valence-corrected chi connectivity index (χ4v) is 5.15. The SMILES string of the molecule is CCCCN(CC)c1nc(NCc2cccc(CNc3nc(N(CC)CC)nc(N(CC)CCCC)n3)c2)nc(N(CC)CC)n1. The summed E-state index contributed by atoms with van der Waals surface area (Å²) in [6, 6.07) is 8.52. The third kappa shape index (κ3) is 10.6. The van der Waals surface area contributed by atoms with E-state index < -0.39 is 0 Å². The van der Waals surface area contributed by atoms with Crippen LogP contribution in [0.2, 0.25) is 0 Å². The van der Waals surface area contributed by atoms with Gasteiger partial charge in [-0.3, -0.25) is 0 Å². The largest absolute Gasteiger partial charge is 0.350 e. The summed E-state index contributed by atoms with van der Waals surface area (Å²) in [6.45, 7) is 25.3. The number of nitrogens with zero attached hydrogens (tertiary/aromatic N) is 10. The van der Waals surface area contributed by atoms with Gasteiger partial charge >= 0.3 is 0 Å². The maximum atomic E-state index is 4.85. The Morgan fingerprint density at radius 2 is 0.826 bits per heavy atom. The molecular formula is C34H58N12. The molecule has 46 heavy (non-hydrogen) atoms. The van der Waals surface area contributed by atoms with Gasteiger partial charge in [-0.15, -0.1) is 0 Å². The summed E-state index contributed by atoms with van der Waals surface area (Å²) in [6.07, 6.45) is 4.45. The van der Waals surface area contributed by atoms with Gasteiger partial charge in [-0.2, -0.15) is 29.9 Å². The summed E-state index contributed by atoms with van der Waals surface area (Å²) in [4.78, 5) is 37.7. The Bertz CT molecular complexity index is 1200. The predicted octanol–water partition coefficient (Wildman–Crippen LogP) is 6.23. The summed E-state index contributed by atoms with van der Waals surface area (Å²) in [7, 11) is 0. The van der Waals surface area contributed by atoms with Gasteiger partial charge in [-0.05, 0) is 65.5 Å². The van der Waals surface area contributed by atoms with Gasteiger partial charge in [0.15, 0.2) is 0 Å². The van der Waals surface area contributed by atoms with E-state index in [1.807, 2.05) is 0 Å². The highest BCUT2D eigenvalue weighted by molar-refractivity contribution is 5.47. The van der Waals surface area contributed by atoms with Crippen LogP contribution in [0.3, 0.4) is 0 Å². The summed E-state index contributed by atoms with van der Waals surface area (Å²) in [5.41, 5.74) is 2.28. The van der Waals surface area contributed by atoms with Gasteiger partial charge in [0.25, 0.3) is 0 Å². The molecule has 0 bridgehead atoms. The predicted molar refractivity (Wildman–Crippen MR) is 193 cm³/mol. The van der Waals surface area contributed by atoms with E-state index in [1.165, 1.54) is 0 Å². The number of benzene rings is 1. The molecular weight excluding hydrogens is 576 g/mol. The van der Waals surface area contributed by atoms with Crippen molar-refractivity contribution in [2.24, 2.45) is 0 Å². The summed E-state index contributed by atoms with van der Waals surface area (Å²) in [5, 5.41) is 6.95. The molecule has 0 amide bonds. The van der Waals surface area contributed by atoms with Crippen molar-refractivity contribution in [3.63, 3.8) is 0 Å².